The third kappa shape index (κ3) is 4.15. The van der Waals surface area contributed by atoms with Crippen LogP contribution < -0.4 is 5.73 Å². The van der Waals surface area contributed by atoms with Gasteiger partial charge in [-0.25, -0.2) is 0 Å². The van der Waals surface area contributed by atoms with Crippen LogP contribution in [0.15, 0.2) is 24.3 Å². The van der Waals surface area contributed by atoms with E-state index in [0.29, 0.717) is 31.6 Å². The Hall–Kier alpha value is -2.02. The highest BCUT2D eigenvalue weighted by molar-refractivity contribution is 5.79. The van der Waals surface area contributed by atoms with Crippen molar-refractivity contribution >= 4 is 11.6 Å². The molecule has 0 aromatic heterocycles. The SMILES string of the molecule is CCN(CCC#N)C(=O)Cc1cccc(N)c1. The molecule has 0 atom stereocenters. The van der Waals surface area contributed by atoms with Crippen LogP contribution >= 0.6 is 0 Å². The first kappa shape index (κ1) is 13.0. The van der Waals surface area contributed by atoms with Gasteiger partial charge in [0.1, 0.15) is 0 Å². The van der Waals surface area contributed by atoms with Gasteiger partial charge in [0.2, 0.25) is 5.91 Å². The monoisotopic (exact) mass is 231 g/mol. The number of nitriles is 1. The van der Waals surface area contributed by atoms with Gasteiger partial charge < -0.3 is 10.6 Å². The van der Waals surface area contributed by atoms with E-state index < -0.39 is 0 Å². The van der Waals surface area contributed by atoms with E-state index in [4.69, 9.17) is 11.0 Å². The molecule has 0 spiro atoms. The quantitative estimate of drug-likeness (QED) is 0.782. The molecule has 0 aliphatic carbocycles. The normalized spacial score (nSPS) is 9.65. The Labute approximate surface area is 102 Å². The highest BCUT2D eigenvalue weighted by Gasteiger charge is 2.11. The number of carbonyl (C=O) groups is 1. The molecule has 0 radical (unpaired) electrons. The molecule has 17 heavy (non-hydrogen) atoms. The van der Waals surface area contributed by atoms with Gasteiger partial charge >= 0.3 is 0 Å². The van der Waals surface area contributed by atoms with Crippen molar-refractivity contribution in [2.24, 2.45) is 0 Å². The van der Waals surface area contributed by atoms with Crippen LogP contribution in [0.3, 0.4) is 0 Å². The zero-order valence-corrected chi connectivity index (χ0v) is 10.0. The van der Waals surface area contributed by atoms with E-state index in [9.17, 15) is 4.79 Å². The first-order valence-electron chi connectivity index (χ1n) is 5.66. The topological polar surface area (TPSA) is 70.1 Å². The van der Waals surface area contributed by atoms with Crippen LogP contribution in [0.4, 0.5) is 5.69 Å². The van der Waals surface area contributed by atoms with Gasteiger partial charge in [-0.1, -0.05) is 12.1 Å². The van der Waals surface area contributed by atoms with Gasteiger partial charge in [0.05, 0.1) is 18.9 Å². The number of nitrogen functional groups attached to an aromatic ring is 1. The Bertz CT molecular complexity index is 423. The Balaban J connectivity index is 2.61. The van der Waals surface area contributed by atoms with E-state index in [2.05, 4.69) is 0 Å². The Morgan fingerprint density at radius 3 is 2.88 bits per heavy atom. The predicted molar refractivity (Wildman–Crippen MR) is 67.0 cm³/mol. The summed E-state index contributed by atoms with van der Waals surface area (Å²) >= 11 is 0. The summed E-state index contributed by atoms with van der Waals surface area (Å²) in [5, 5.41) is 8.51. The third-order valence-corrected chi connectivity index (χ3v) is 2.53. The van der Waals surface area contributed by atoms with Crippen molar-refractivity contribution in [1.29, 1.82) is 5.26 Å². The zero-order chi connectivity index (χ0) is 12.7. The standard InChI is InChI=1S/C13H17N3O/c1-2-16(8-4-7-14)13(17)10-11-5-3-6-12(15)9-11/h3,5-6,9H,2,4,8,10,15H2,1H3. The van der Waals surface area contributed by atoms with E-state index in [1.165, 1.54) is 0 Å². The molecular weight excluding hydrogens is 214 g/mol. The van der Waals surface area contributed by atoms with Crippen LogP contribution in [0.1, 0.15) is 18.9 Å². The molecule has 1 amide bonds. The van der Waals surface area contributed by atoms with Crippen molar-refractivity contribution < 1.29 is 4.79 Å². The number of nitrogens with two attached hydrogens (primary N) is 1. The van der Waals surface area contributed by atoms with Crippen molar-refractivity contribution in [2.45, 2.75) is 19.8 Å². The van der Waals surface area contributed by atoms with Crippen LogP contribution in [0, 0.1) is 11.3 Å². The Morgan fingerprint density at radius 2 is 2.29 bits per heavy atom. The maximum Gasteiger partial charge on any atom is 0.227 e. The largest absolute Gasteiger partial charge is 0.399 e. The summed E-state index contributed by atoms with van der Waals surface area (Å²) in [6.07, 6.45) is 0.709. The van der Waals surface area contributed by atoms with E-state index in [-0.39, 0.29) is 5.91 Å². The first-order chi connectivity index (χ1) is 8.17. The van der Waals surface area contributed by atoms with Crippen molar-refractivity contribution in [2.75, 3.05) is 18.8 Å². The summed E-state index contributed by atoms with van der Waals surface area (Å²) in [6.45, 7) is 3.03. The van der Waals surface area contributed by atoms with Crippen molar-refractivity contribution in [3.63, 3.8) is 0 Å². The van der Waals surface area contributed by atoms with Crippen LogP contribution in [0.5, 0.6) is 0 Å². The highest BCUT2D eigenvalue weighted by atomic mass is 16.2. The smallest absolute Gasteiger partial charge is 0.227 e. The summed E-state index contributed by atoms with van der Waals surface area (Å²) in [4.78, 5) is 13.6. The minimum absolute atomic E-state index is 0.0355. The second-order valence-corrected chi connectivity index (χ2v) is 3.80. The fraction of sp³-hybridized carbons (Fsp3) is 0.385. The van der Waals surface area contributed by atoms with Crippen molar-refractivity contribution in [3.8, 4) is 6.07 Å². The molecule has 0 unspecified atom stereocenters. The number of carbonyl (C=O) groups excluding carboxylic acids is 1. The van der Waals surface area contributed by atoms with Gasteiger partial charge in [-0.3, -0.25) is 4.79 Å². The summed E-state index contributed by atoms with van der Waals surface area (Å²) < 4.78 is 0. The van der Waals surface area contributed by atoms with Gasteiger partial charge in [0.15, 0.2) is 0 Å². The maximum absolute atomic E-state index is 11.9. The van der Waals surface area contributed by atoms with E-state index in [1.54, 1.807) is 17.0 Å². The predicted octanol–water partition coefficient (Wildman–Crippen LogP) is 1.57. The molecule has 4 nitrogen and oxygen atoms in total. The molecule has 4 heteroatoms. The number of hydrogen-bond donors (Lipinski definition) is 1. The van der Waals surface area contributed by atoms with Gasteiger partial charge in [0, 0.05) is 18.8 Å². The second kappa shape index (κ2) is 6.54. The van der Waals surface area contributed by atoms with E-state index in [1.807, 2.05) is 25.1 Å². The molecule has 0 aliphatic heterocycles. The molecule has 1 aromatic rings. The second-order valence-electron chi connectivity index (χ2n) is 3.80. The fourth-order valence-corrected chi connectivity index (χ4v) is 1.63. The lowest BCUT2D eigenvalue weighted by Crippen LogP contribution is -2.32. The number of benzene rings is 1. The summed E-state index contributed by atoms with van der Waals surface area (Å²) in [6, 6.07) is 9.36. The summed E-state index contributed by atoms with van der Waals surface area (Å²) in [7, 11) is 0. The molecule has 0 heterocycles. The van der Waals surface area contributed by atoms with Gasteiger partial charge in [0.25, 0.3) is 0 Å². The fourth-order valence-electron chi connectivity index (χ4n) is 1.63. The Morgan fingerprint density at radius 1 is 1.53 bits per heavy atom. The molecule has 0 saturated heterocycles. The zero-order valence-electron chi connectivity index (χ0n) is 10.0. The van der Waals surface area contributed by atoms with Crippen LogP contribution in [-0.2, 0) is 11.2 Å². The van der Waals surface area contributed by atoms with Crippen LogP contribution in [0.25, 0.3) is 0 Å². The van der Waals surface area contributed by atoms with Gasteiger partial charge in [-0.2, -0.15) is 5.26 Å². The molecule has 1 aromatic carbocycles. The number of amides is 1. The molecule has 2 N–H and O–H groups in total. The molecule has 1 rings (SSSR count). The van der Waals surface area contributed by atoms with E-state index in [0.717, 1.165) is 5.56 Å². The molecule has 0 bridgehead atoms. The first-order valence-corrected chi connectivity index (χ1v) is 5.66. The van der Waals surface area contributed by atoms with Gasteiger partial charge in [-0.15, -0.1) is 0 Å². The molecule has 0 aliphatic rings. The summed E-state index contributed by atoms with van der Waals surface area (Å²) in [5.41, 5.74) is 7.23. The number of anilines is 1. The molecular formula is C13H17N3O. The average Bonchev–Trinajstić information content (AvgIpc) is 2.30. The van der Waals surface area contributed by atoms with Crippen molar-refractivity contribution in [3.05, 3.63) is 29.8 Å². The van der Waals surface area contributed by atoms with Crippen LogP contribution in [0.2, 0.25) is 0 Å². The molecule has 0 saturated carbocycles. The maximum atomic E-state index is 11.9. The van der Waals surface area contributed by atoms with Crippen LogP contribution in [-0.4, -0.2) is 23.9 Å². The lowest BCUT2D eigenvalue weighted by molar-refractivity contribution is -0.130. The number of nitrogens with zero attached hydrogens (tertiary/aromatic N) is 2. The average molecular weight is 231 g/mol. The Kier molecular flexibility index (Phi) is 5.02. The van der Waals surface area contributed by atoms with Gasteiger partial charge in [-0.05, 0) is 24.6 Å². The minimum Gasteiger partial charge on any atom is -0.399 e. The number of hydrogen-bond acceptors (Lipinski definition) is 3. The third-order valence-electron chi connectivity index (χ3n) is 2.53. The minimum atomic E-state index is 0.0355. The summed E-state index contributed by atoms with van der Waals surface area (Å²) in [5.74, 6) is 0.0355. The van der Waals surface area contributed by atoms with E-state index >= 15 is 0 Å². The lowest BCUT2D eigenvalue weighted by atomic mass is 10.1. The van der Waals surface area contributed by atoms with Crippen molar-refractivity contribution in [1.82, 2.24) is 4.90 Å². The number of rotatable bonds is 5. The highest BCUT2D eigenvalue weighted by Crippen LogP contribution is 2.08. The number of likely N-dealkylation sites (N-methyl/N-ethyl adjacent to an activating group) is 1. The lowest BCUT2D eigenvalue weighted by Gasteiger charge is -2.19. The molecule has 0 fully saturated rings. The molecule has 90 valence electrons.